The number of benzene rings is 1. The third kappa shape index (κ3) is 4.46. The number of thiocarbonyl (C=S) groups is 1. The van der Waals surface area contributed by atoms with Gasteiger partial charge in [-0.15, -0.1) is 0 Å². The predicted molar refractivity (Wildman–Crippen MR) is 106 cm³/mol. The van der Waals surface area contributed by atoms with Crippen molar-refractivity contribution in [3.05, 3.63) is 35.7 Å². The van der Waals surface area contributed by atoms with E-state index in [4.69, 9.17) is 10.00 Å². The number of amides is 2. The molecule has 0 spiro atoms. The van der Waals surface area contributed by atoms with Gasteiger partial charge in [-0.1, -0.05) is 17.8 Å². The van der Waals surface area contributed by atoms with Gasteiger partial charge in [-0.2, -0.15) is 5.26 Å². The number of hydrogen-bond acceptors (Lipinski definition) is 6. The van der Waals surface area contributed by atoms with Gasteiger partial charge in [-0.05, 0) is 31.0 Å². The van der Waals surface area contributed by atoms with Crippen LogP contribution in [0.2, 0.25) is 0 Å². The van der Waals surface area contributed by atoms with E-state index >= 15 is 0 Å². The van der Waals surface area contributed by atoms with Gasteiger partial charge >= 0.3 is 6.09 Å². The fourth-order valence-electron chi connectivity index (χ4n) is 3.29. The molecule has 2 saturated heterocycles. The fourth-order valence-corrected chi connectivity index (χ4v) is 3.37. The number of carbonyl (C=O) groups excluding carboxylic acids is 2. The van der Waals surface area contributed by atoms with E-state index in [1.807, 2.05) is 11.0 Å². The monoisotopic (exact) mass is 402 g/mol. The average molecular weight is 402 g/mol. The second-order valence-corrected chi connectivity index (χ2v) is 6.77. The lowest BCUT2D eigenvalue weighted by Crippen LogP contribution is -2.34. The number of carbonyl (C=O) groups is 2. The Balaban J connectivity index is 1.65. The Morgan fingerprint density at radius 1 is 1.43 bits per heavy atom. The molecule has 1 atom stereocenters. The molecule has 2 aliphatic rings. The molecule has 0 aliphatic carbocycles. The van der Waals surface area contributed by atoms with Gasteiger partial charge in [0.1, 0.15) is 11.9 Å². The molecule has 0 unspecified atom stereocenters. The number of allylic oxidation sites excluding steroid dienone is 1. The summed E-state index contributed by atoms with van der Waals surface area (Å²) in [4.78, 5) is 26.6. The maximum absolute atomic E-state index is 14.7. The Labute approximate surface area is 167 Å². The quantitative estimate of drug-likeness (QED) is 0.601. The number of piperidine rings is 1. The average Bonchev–Trinajstić information content (AvgIpc) is 3.07. The van der Waals surface area contributed by atoms with E-state index in [2.05, 4.69) is 17.5 Å². The van der Waals surface area contributed by atoms with Gasteiger partial charge in [-0.3, -0.25) is 9.69 Å². The minimum absolute atomic E-state index is 0.140. The summed E-state index contributed by atoms with van der Waals surface area (Å²) in [5.74, 6) is -0.843. The van der Waals surface area contributed by atoms with Crippen molar-refractivity contribution >= 4 is 41.0 Å². The van der Waals surface area contributed by atoms with Crippen molar-refractivity contribution in [2.75, 3.05) is 36.0 Å². The highest BCUT2D eigenvalue weighted by atomic mass is 32.1. The number of rotatable bonds is 5. The van der Waals surface area contributed by atoms with Crippen LogP contribution in [-0.4, -0.2) is 49.7 Å². The molecule has 0 aromatic heterocycles. The summed E-state index contributed by atoms with van der Waals surface area (Å²) in [6.07, 6.45) is 1.89. The van der Waals surface area contributed by atoms with Gasteiger partial charge in [0, 0.05) is 19.2 Å². The molecule has 2 heterocycles. The lowest BCUT2D eigenvalue weighted by atomic mass is 10.0. The van der Waals surface area contributed by atoms with E-state index in [1.54, 1.807) is 18.2 Å². The standard InChI is InChI=1S/C19H19FN4O3S/c20-16-9-14(24-11-15(27-19(24)26)10-22-18(25)12-28)1-2-17(16)23-7-4-13(3-6-21)5-8-23/h1-3,9,12,15H,4-5,7-8,10-11H2,(H,22,25)/t15-/m0/s1. The third-order valence-corrected chi connectivity index (χ3v) is 4.96. The number of cyclic esters (lactones) is 1. The van der Waals surface area contributed by atoms with E-state index in [-0.39, 0.29) is 13.1 Å². The Morgan fingerprint density at radius 3 is 2.82 bits per heavy atom. The van der Waals surface area contributed by atoms with Crippen molar-refractivity contribution in [1.82, 2.24) is 5.32 Å². The summed E-state index contributed by atoms with van der Waals surface area (Å²) < 4.78 is 19.9. The maximum atomic E-state index is 14.7. The highest BCUT2D eigenvalue weighted by Gasteiger charge is 2.33. The zero-order valence-electron chi connectivity index (χ0n) is 15.1. The molecule has 2 aliphatic heterocycles. The van der Waals surface area contributed by atoms with Gasteiger partial charge < -0.3 is 15.0 Å². The van der Waals surface area contributed by atoms with Crippen molar-refractivity contribution in [2.45, 2.75) is 18.9 Å². The highest BCUT2D eigenvalue weighted by molar-refractivity contribution is 7.80. The van der Waals surface area contributed by atoms with E-state index in [1.165, 1.54) is 11.0 Å². The number of anilines is 2. The molecule has 2 fully saturated rings. The topological polar surface area (TPSA) is 85.7 Å². The molecule has 0 radical (unpaired) electrons. The molecule has 146 valence electrons. The SMILES string of the molecule is N#CC=C1CCN(c2ccc(N3C[C@H](CNC(=O)C=S)OC3=O)cc2F)CC1. The van der Waals surface area contributed by atoms with E-state index < -0.39 is 23.9 Å². The van der Waals surface area contributed by atoms with Crippen LogP contribution in [0.4, 0.5) is 20.6 Å². The van der Waals surface area contributed by atoms with Crippen molar-refractivity contribution in [3.8, 4) is 6.07 Å². The van der Waals surface area contributed by atoms with Crippen LogP contribution in [-0.2, 0) is 9.53 Å². The van der Waals surface area contributed by atoms with Crippen molar-refractivity contribution in [3.63, 3.8) is 0 Å². The first-order valence-corrected chi connectivity index (χ1v) is 9.32. The first-order chi connectivity index (χ1) is 13.5. The minimum atomic E-state index is -0.585. The normalized spacial score (nSPS) is 19.1. The summed E-state index contributed by atoms with van der Waals surface area (Å²) >= 11 is 4.52. The van der Waals surface area contributed by atoms with Crippen molar-refractivity contribution < 1.29 is 18.7 Å². The number of nitrogens with zero attached hydrogens (tertiary/aromatic N) is 3. The van der Waals surface area contributed by atoms with Crippen LogP contribution >= 0.6 is 12.2 Å². The lowest BCUT2D eigenvalue weighted by Gasteiger charge is -2.30. The molecule has 7 nitrogen and oxygen atoms in total. The second kappa shape index (κ2) is 8.80. The molecule has 0 bridgehead atoms. The molecular formula is C19H19FN4O3S. The summed E-state index contributed by atoms with van der Waals surface area (Å²) in [5, 5.41) is 12.2. The minimum Gasteiger partial charge on any atom is -0.442 e. The highest BCUT2D eigenvalue weighted by Crippen LogP contribution is 2.30. The van der Waals surface area contributed by atoms with E-state index in [0.29, 0.717) is 24.5 Å². The molecule has 1 N–H and O–H groups in total. The largest absolute Gasteiger partial charge is 0.442 e. The zero-order valence-corrected chi connectivity index (χ0v) is 15.9. The summed E-state index contributed by atoms with van der Waals surface area (Å²) in [6, 6.07) is 6.68. The molecule has 2 amide bonds. The molecule has 9 heteroatoms. The van der Waals surface area contributed by atoms with Crippen LogP contribution in [0.1, 0.15) is 12.8 Å². The van der Waals surface area contributed by atoms with E-state index in [9.17, 15) is 14.0 Å². The first-order valence-electron chi connectivity index (χ1n) is 8.85. The predicted octanol–water partition coefficient (Wildman–Crippen LogP) is 2.32. The van der Waals surface area contributed by atoms with Gasteiger partial charge in [-0.25, -0.2) is 9.18 Å². The molecule has 1 aromatic rings. The van der Waals surface area contributed by atoms with Gasteiger partial charge in [0.15, 0.2) is 0 Å². The first kappa shape index (κ1) is 19.8. The number of ether oxygens (including phenoxy) is 1. The summed E-state index contributed by atoms with van der Waals surface area (Å²) in [7, 11) is 0. The maximum Gasteiger partial charge on any atom is 0.414 e. The molecule has 1 aromatic carbocycles. The summed E-state index contributed by atoms with van der Waals surface area (Å²) in [6.45, 7) is 1.62. The number of nitriles is 1. The smallest absolute Gasteiger partial charge is 0.414 e. The van der Waals surface area contributed by atoms with Crippen LogP contribution in [0.15, 0.2) is 29.8 Å². The molecule has 0 saturated carbocycles. The molecular weight excluding hydrogens is 383 g/mol. The number of hydrogen-bond donors (Lipinski definition) is 1. The molecule has 28 heavy (non-hydrogen) atoms. The van der Waals surface area contributed by atoms with Gasteiger partial charge in [0.25, 0.3) is 5.91 Å². The number of nitrogens with one attached hydrogen (secondary N) is 1. The fraction of sp³-hybridized carbons (Fsp3) is 0.368. The summed E-state index contributed by atoms with van der Waals surface area (Å²) in [5.41, 5.74) is 1.94. The van der Waals surface area contributed by atoms with Crippen LogP contribution in [0.3, 0.4) is 0 Å². The molecule has 3 rings (SSSR count). The zero-order chi connectivity index (χ0) is 20.1. The Kier molecular flexibility index (Phi) is 6.21. The van der Waals surface area contributed by atoms with E-state index in [0.717, 1.165) is 23.8 Å². The van der Waals surface area contributed by atoms with Crippen LogP contribution in [0.25, 0.3) is 0 Å². The van der Waals surface area contributed by atoms with Crippen LogP contribution in [0, 0.1) is 17.1 Å². The van der Waals surface area contributed by atoms with Crippen molar-refractivity contribution in [2.24, 2.45) is 0 Å². The Morgan fingerprint density at radius 2 is 2.18 bits per heavy atom. The van der Waals surface area contributed by atoms with Gasteiger partial charge in [0.2, 0.25) is 0 Å². The van der Waals surface area contributed by atoms with Crippen LogP contribution < -0.4 is 15.1 Å². The van der Waals surface area contributed by atoms with Gasteiger partial charge in [0.05, 0.1) is 35.9 Å². The number of halogens is 1. The van der Waals surface area contributed by atoms with Crippen LogP contribution in [0.5, 0.6) is 0 Å². The Bertz CT molecular complexity index is 857. The van der Waals surface area contributed by atoms with Crippen molar-refractivity contribution in [1.29, 1.82) is 5.26 Å². The second-order valence-electron chi connectivity index (χ2n) is 6.53. The Hall–Kier alpha value is -2.99. The lowest BCUT2D eigenvalue weighted by molar-refractivity contribution is -0.114. The third-order valence-electron chi connectivity index (χ3n) is 4.74.